The van der Waals surface area contributed by atoms with E-state index >= 15 is 0 Å². The number of ketones is 1. The maximum Gasteiger partial charge on any atom is 0.336 e. The molecule has 4 aromatic carbocycles. The Kier molecular flexibility index (Phi) is 5.37. The number of fused-ring (bicyclic) bond motifs is 3. The number of aromatic carboxylic acids is 1. The van der Waals surface area contributed by atoms with Gasteiger partial charge in [-0.2, -0.15) is 0 Å². The molecule has 33 heavy (non-hydrogen) atoms. The van der Waals surface area contributed by atoms with Crippen LogP contribution in [-0.4, -0.2) is 22.0 Å². The highest BCUT2D eigenvalue weighted by Crippen LogP contribution is 2.38. The van der Waals surface area contributed by atoms with Crippen LogP contribution in [0.25, 0.3) is 11.1 Å². The molecule has 0 aliphatic heterocycles. The maximum absolute atomic E-state index is 13.1. The molecule has 0 heterocycles. The number of hydrogen-bond donors (Lipinski definition) is 2. The quantitative estimate of drug-likeness (QED) is 0.357. The summed E-state index contributed by atoms with van der Waals surface area (Å²) in [5.41, 5.74) is 8.62. The van der Waals surface area contributed by atoms with Crippen LogP contribution >= 0.6 is 0 Å². The highest BCUT2D eigenvalue weighted by molar-refractivity contribution is 6.14. The molecule has 1 aliphatic carbocycles. The Morgan fingerprint density at radius 3 is 2.00 bits per heavy atom. The minimum absolute atomic E-state index is 0.0166. The normalized spacial score (nSPS) is 11.7. The highest BCUT2D eigenvalue weighted by atomic mass is 16.4. The second-order valence-electron chi connectivity index (χ2n) is 8.37. The smallest absolute Gasteiger partial charge is 0.336 e. The van der Waals surface area contributed by atoms with Gasteiger partial charge < -0.3 is 10.2 Å². The number of aliphatic hydroxyl groups excluding tert-OH is 1. The van der Waals surface area contributed by atoms with Crippen LogP contribution in [0, 0.1) is 0 Å². The molecule has 0 fully saturated rings. The van der Waals surface area contributed by atoms with Crippen molar-refractivity contribution in [2.24, 2.45) is 0 Å². The topological polar surface area (TPSA) is 74.6 Å². The second kappa shape index (κ2) is 8.49. The third-order valence-corrected chi connectivity index (χ3v) is 6.22. The van der Waals surface area contributed by atoms with E-state index in [-0.39, 0.29) is 23.5 Å². The van der Waals surface area contributed by atoms with Crippen molar-refractivity contribution in [3.63, 3.8) is 0 Å². The molecule has 4 nitrogen and oxygen atoms in total. The van der Waals surface area contributed by atoms with Crippen molar-refractivity contribution in [2.75, 3.05) is 0 Å². The van der Waals surface area contributed by atoms with Crippen molar-refractivity contribution in [2.45, 2.75) is 19.4 Å². The van der Waals surface area contributed by atoms with E-state index in [0.717, 1.165) is 29.5 Å². The van der Waals surface area contributed by atoms with Crippen LogP contribution in [-0.2, 0) is 19.4 Å². The van der Waals surface area contributed by atoms with Gasteiger partial charge in [0.05, 0.1) is 12.2 Å². The van der Waals surface area contributed by atoms with Gasteiger partial charge in [0.2, 0.25) is 0 Å². The van der Waals surface area contributed by atoms with Crippen molar-refractivity contribution < 1.29 is 19.8 Å². The molecule has 0 aromatic heterocycles. The van der Waals surface area contributed by atoms with Gasteiger partial charge in [-0.3, -0.25) is 4.79 Å². The molecule has 5 rings (SSSR count). The summed E-state index contributed by atoms with van der Waals surface area (Å²) in [6.07, 6.45) is 1.55. The van der Waals surface area contributed by atoms with E-state index < -0.39 is 5.97 Å². The van der Waals surface area contributed by atoms with Gasteiger partial charge in [-0.1, -0.05) is 72.8 Å². The van der Waals surface area contributed by atoms with Crippen molar-refractivity contribution >= 4 is 11.8 Å². The first-order valence-electron chi connectivity index (χ1n) is 10.8. The number of carboxylic acids is 1. The van der Waals surface area contributed by atoms with Gasteiger partial charge in [-0.15, -0.1) is 0 Å². The zero-order valence-electron chi connectivity index (χ0n) is 17.9. The van der Waals surface area contributed by atoms with Crippen LogP contribution in [0.3, 0.4) is 0 Å². The summed E-state index contributed by atoms with van der Waals surface area (Å²) < 4.78 is 0. The number of rotatable bonds is 6. The monoisotopic (exact) mass is 434 g/mol. The van der Waals surface area contributed by atoms with Crippen LogP contribution in [0.1, 0.15) is 54.1 Å². The Morgan fingerprint density at radius 1 is 0.697 bits per heavy atom. The molecule has 0 spiro atoms. The lowest BCUT2D eigenvalue weighted by molar-refractivity contribution is 0.0693. The van der Waals surface area contributed by atoms with Crippen molar-refractivity contribution in [1.82, 2.24) is 0 Å². The Bertz CT molecular complexity index is 1380. The van der Waals surface area contributed by atoms with E-state index in [1.165, 1.54) is 28.3 Å². The average Bonchev–Trinajstić information content (AvgIpc) is 3.21. The number of carbonyl (C=O) groups is 2. The summed E-state index contributed by atoms with van der Waals surface area (Å²) in [6.45, 7) is 0.0454. The van der Waals surface area contributed by atoms with Crippen LogP contribution in [0.5, 0.6) is 0 Å². The molecule has 4 heteroatoms. The predicted octanol–water partition coefficient (Wildman–Crippen LogP) is 5.27. The summed E-state index contributed by atoms with van der Waals surface area (Å²) >= 11 is 0. The molecule has 0 saturated carbocycles. The fourth-order valence-electron chi connectivity index (χ4n) is 4.54. The fraction of sp³-hybridized carbons (Fsp3) is 0.103. The molecule has 0 atom stereocenters. The molecule has 0 saturated heterocycles. The Balaban J connectivity index is 1.40. The third-order valence-electron chi connectivity index (χ3n) is 6.22. The molecule has 162 valence electrons. The first-order chi connectivity index (χ1) is 16.0. The molecule has 0 radical (unpaired) electrons. The SMILES string of the molecule is O=C(O)c1ccccc1C(=O)c1ccc2c(c1)Cc1cc(Cc3ccc(CO)cc3)ccc1-2. The fourth-order valence-corrected chi connectivity index (χ4v) is 4.54. The van der Waals surface area contributed by atoms with Gasteiger partial charge in [-0.05, 0) is 63.9 Å². The first-order valence-corrected chi connectivity index (χ1v) is 10.8. The number of carbonyl (C=O) groups excluding carboxylic acids is 1. The zero-order chi connectivity index (χ0) is 22.9. The minimum atomic E-state index is -1.11. The standard InChI is InChI=1S/C29H22O4/c30-17-19-7-5-18(6-8-19)13-20-9-11-24-22(14-20)16-23-15-21(10-12-25(23)24)28(31)26-3-1-2-4-27(26)29(32)33/h1-12,14-15,30H,13,16-17H2,(H,32,33). The van der Waals surface area contributed by atoms with Gasteiger partial charge in [0, 0.05) is 11.1 Å². The third kappa shape index (κ3) is 3.97. The highest BCUT2D eigenvalue weighted by Gasteiger charge is 2.22. The number of benzene rings is 4. The van der Waals surface area contributed by atoms with E-state index in [2.05, 4.69) is 18.2 Å². The van der Waals surface area contributed by atoms with E-state index in [1.807, 2.05) is 36.4 Å². The summed E-state index contributed by atoms with van der Waals surface area (Å²) in [7, 11) is 0. The van der Waals surface area contributed by atoms with Crippen molar-refractivity contribution in [3.05, 3.63) is 129 Å². The van der Waals surface area contributed by atoms with Crippen molar-refractivity contribution in [1.29, 1.82) is 0 Å². The Labute approximate surface area is 191 Å². The van der Waals surface area contributed by atoms with Gasteiger partial charge in [0.1, 0.15) is 0 Å². The Hall–Kier alpha value is -4.02. The first kappa shape index (κ1) is 20.9. The molecule has 1 aliphatic rings. The number of carboxylic acid groups (broad SMARTS) is 1. The van der Waals surface area contributed by atoms with Gasteiger partial charge in [0.15, 0.2) is 5.78 Å². The lowest BCUT2D eigenvalue weighted by Crippen LogP contribution is -2.09. The molecule has 0 amide bonds. The summed E-state index contributed by atoms with van der Waals surface area (Å²) in [4.78, 5) is 24.6. The lowest BCUT2D eigenvalue weighted by Gasteiger charge is -2.08. The molecule has 2 N–H and O–H groups in total. The maximum atomic E-state index is 13.1. The summed E-state index contributed by atoms with van der Waals surface area (Å²) in [6, 6.07) is 26.4. The molecule has 0 unspecified atom stereocenters. The van der Waals surface area contributed by atoms with Crippen LogP contribution < -0.4 is 0 Å². The van der Waals surface area contributed by atoms with Crippen LogP contribution in [0.15, 0.2) is 84.9 Å². The molecule has 0 bridgehead atoms. The van der Waals surface area contributed by atoms with E-state index in [1.54, 1.807) is 24.3 Å². The van der Waals surface area contributed by atoms with Gasteiger partial charge in [0.25, 0.3) is 0 Å². The second-order valence-corrected chi connectivity index (χ2v) is 8.37. The van der Waals surface area contributed by atoms with Gasteiger partial charge in [-0.25, -0.2) is 4.79 Å². The van der Waals surface area contributed by atoms with Gasteiger partial charge >= 0.3 is 5.97 Å². The van der Waals surface area contributed by atoms with Crippen molar-refractivity contribution in [3.8, 4) is 11.1 Å². The predicted molar refractivity (Wildman–Crippen MR) is 127 cm³/mol. The minimum Gasteiger partial charge on any atom is -0.478 e. The van der Waals surface area contributed by atoms with Crippen LogP contribution in [0.4, 0.5) is 0 Å². The molecular formula is C29H22O4. The lowest BCUT2D eigenvalue weighted by atomic mass is 9.95. The summed E-state index contributed by atoms with van der Waals surface area (Å²) in [5, 5.41) is 18.6. The molecular weight excluding hydrogens is 412 g/mol. The zero-order valence-corrected chi connectivity index (χ0v) is 17.9. The number of aliphatic hydroxyl groups is 1. The average molecular weight is 434 g/mol. The number of hydrogen-bond acceptors (Lipinski definition) is 3. The van der Waals surface area contributed by atoms with E-state index in [4.69, 9.17) is 0 Å². The van der Waals surface area contributed by atoms with E-state index in [0.29, 0.717) is 5.56 Å². The van der Waals surface area contributed by atoms with Crippen LogP contribution in [0.2, 0.25) is 0 Å². The summed E-state index contributed by atoms with van der Waals surface area (Å²) in [5.74, 6) is -1.38. The molecule has 4 aromatic rings. The van der Waals surface area contributed by atoms with E-state index in [9.17, 15) is 19.8 Å². The largest absolute Gasteiger partial charge is 0.478 e. The Morgan fingerprint density at radius 2 is 1.30 bits per heavy atom.